The van der Waals surface area contributed by atoms with Gasteiger partial charge in [-0.3, -0.25) is 4.79 Å². The molecule has 0 aromatic carbocycles. The number of amides is 1. The lowest BCUT2D eigenvalue weighted by Gasteiger charge is -2.41. The standard InChI is InChI=1S/C9H16ClNO2/c10-6-1-3-8(13)11-9(7-12)4-2-5-9/h12H,1-7H2,(H,11,13). The van der Waals surface area contributed by atoms with E-state index in [1.807, 2.05) is 0 Å². The Hall–Kier alpha value is -0.280. The lowest BCUT2D eigenvalue weighted by Crippen LogP contribution is -2.56. The lowest BCUT2D eigenvalue weighted by atomic mass is 9.77. The third-order valence-electron chi connectivity index (χ3n) is 2.56. The molecule has 0 aromatic heterocycles. The van der Waals surface area contributed by atoms with Crippen molar-refractivity contribution in [3.8, 4) is 0 Å². The molecule has 3 nitrogen and oxygen atoms in total. The number of hydrogen-bond donors (Lipinski definition) is 2. The number of carbonyl (C=O) groups is 1. The van der Waals surface area contributed by atoms with Gasteiger partial charge >= 0.3 is 0 Å². The number of alkyl halides is 1. The molecular weight excluding hydrogens is 190 g/mol. The molecule has 1 amide bonds. The zero-order chi connectivity index (χ0) is 9.73. The van der Waals surface area contributed by atoms with Gasteiger partial charge in [0.05, 0.1) is 12.1 Å². The largest absolute Gasteiger partial charge is 0.394 e. The van der Waals surface area contributed by atoms with Crippen molar-refractivity contribution < 1.29 is 9.90 Å². The van der Waals surface area contributed by atoms with Gasteiger partial charge in [0.25, 0.3) is 0 Å². The van der Waals surface area contributed by atoms with Gasteiger partial charge < -0.3 is 10.4 Å². The summed E-state index contributed by atoms with van der Waals surface area (Å²) in [7, 11) is 0. The van der Waals surface area contributed by atoms with E-state index >= 15 is 0 Å². The van der Waals surface area contributed by atoms with E-state index in [4.69, 9.17) is 16.7 Å². The normalized spacial score (nSPS) is 19.2. The first-order valence-corrected chi connectivity index (χ1v) is 5.24. The predicted molar refractivity (Wildman–Crippen MR) is 51.8 cm³/mol. The molecule has 1 saturated carbocycles. The highest BCUT2D eigenvalue weighted by Gasteiger charge is 2.37. The van der Waals surface area contributed by atoms with E-state index < -0.39 is 0 Å². The van der Waals surface area contributed by atoms with Gasteiger partial charge in [-0.15, -0.1) is 11.6 Å². The number of carbonyl (C=O) groups excluding carboxylic acids is 1. The second kappa shape index (κ2) is 4.82. The molecule has 2 N–H and O–H groups in total. The van der Waals surface area contributed by atoms with Crippen LogP contribution >= 0.6 is 11.6 Å². The third-order valence-corrected chi connectivity index (χ3v) is 2.82. The van der Waals surface area contributed by atoms with Crippen LogP contribution in [0.5, 0.6) is 0 Å². The zero-order valence-corrected chi connectivity index (χ0v) is 8.44. The van der Waals surface area contributed by atoms with Crippen molar-refractivity contribution >= 4 is 17.5 Å². The first-order valence-electron chi connectivity index (χ1n) is 4.70. The molecule has 0 atom stereocenters. The Morgan fingerprint density at radius 1 is 1.54 bits per heavy atom. The summed E-state index contributed by atoms with van der Waals surface area (Å²) in [5, 5.41) is 11.9. The van der Waals surface area contributed by atoms with Gasteiger partial charge in [0.15, 0.2) is 0 Å². The molecule has 0 heterocycles. The maximum atomic E-state index is 11.3. The third kappa shape index (κ3) is 2.85. The molecule has 1 aliphatic carbocycles. The monoisotopic (exact) mass is 205 g/mol. The molecule has 0 spiro atoms. The van der Waals surface area contributed by atoms with Crippen LogP contribution < -0.4 is 5.32 Å². The van der Waals surface area contributed by atoms with Crippen molar-refractivity contribution in [3.63, 3.8) is 0 Å². The van der Waals surface area contributed by atoms with E-state index in [0.29, 0.717) is 18.7 Å². The minimum Gasteiger partial charge on any atom is -0.394 e. The second-order valence-corrected chi connectivity index (χ2v) is 4.01. The van der Waals surface area contributed by atoms with Crippen molar-refractivity contribution in [1.29, 1.82) is 0 Å². The molecule has 1 rings (SSSR count). The van der Waals surface area contributed by atoms with Gasteiger partial charge in [0.1, 0.15) is 0 Å². The molecule has 13 heavy (non-hydrogen) atoms. The van der Waals surface area contributed by atoms with E-state index in [0.717, 1.165) is 19.3 Å². The molecule has 1 fully saturated rings. The van der Waals surface area contributed by atoms with Crippen LogP contribution in [0.3, 0.4) is 0 Å². The fourth-order valence-electron chi connectivity index (χ4n) is 1.51. The van der Waals surface area contributed by atoms with Gasteiger partial charge in [0.2, 0.25) is 5.91 Å². The van der Waals surface area contributed by atoms with Crippen molar-refractivity contribution in [2.24, 2.45) is 0 Å². The van der Waals surface area contributed by atoms with Crippen molar-refractivity contribution in [2.75, 3.05) is 12.5 Å². The van der Waals surface area contributed by atoms with Crippen LogP contribution in [0.1, 0.15) is 32.1 Å². The Morgan fingerprint density at radius 2 is 2.23 bits per heavy atom. The van der Waals surface area contributed by atoms with Crippen molar-refractivity contribution in [2.45, 2.75) is 37.6 Å². The molecule has 0 saturated heterocycles. The summed E-state index contributed by atoms with van der Waals surface area (Å²) in [6.07, 6.45) is 4.06. The topological polar surface area (TPSA) is 49.3 Å². The molecule has 0 unspecified atom stereocenters. The van der Waals surface area contributed by atoms with Gasteiger partial charge in [-0.25, -0.2) is 0 Å². The zero-order valence-electron chi connectivity index (χ0n) is 7.68. The van der Waals surface area contributed by atoms with Crippen molar-refractivity contribution in [1.82, 2.24) is 5.32 Å². The number of aliphatic hydroxyl groups excluding tert-OH is 1. The highest BCUT2D eigenvalue weighted by molar-refractivity contribution is 6.17. The van der Waals surface area contributed by atoms with E-state index in [1.54, 1.807) is 0 Å². The quantitative estimate of drug-likeness (QED) is 0.659. The number of halogens is 1. The molecule has 0 aliphatic heterocycles. The van der Waals surface area contributed by atoms with Gasteiger partial charge in [-0.2, -0.15) is 0 Å². The predicted octanol–water partition coefficient (Wildman–Crippen LogP) is 1.04. The van der Waals surface area contributed by atoms with Gasteiger partial charge in [0, 0.05) is 12.3 Å². The number of aliphatic hydroxyl groups is 1. The summed E-state index contributed by atoms with van der Waals surface area (Å²) in [6, 6.07) is 0. The highest BCUT2D eigenvalue weighted by Crippen LogP contribution is 2.31. The molecule has 0 radical (unpaired) electrons. The molecule has 4 heteroatoms. The van der Waals surface area contributed by atoms with Crippen LogP contribution in [0, 0.1) is 0 Å². The second-order valence-electron chi connectivity index (χ2n) is 3.63. The highest BCUT2D eigenvalue weighted by atomic mass is 35.5. The molecule has 1 aliphatic rings. The molecule has 0 bridgehead atoms. The summed E-state index contributed by atoms with van der Waals surface area (Å²) >= 11 is 5.47. The Kier molecular flexibility index (Phi) is 4.00. The van der Waals surface area contributed by atoms with Crippen LogP contribution in [0.2, 0.25) is 0 Å². The maximum absolute atomic E-state index is 11.3. The molecule has 76 valence electrons. The molecular formula is C9H16ClNO2. The summed E-state index contributed by atoms with van der Waals surface area (Å²) < 4.78 is 0. The summed E-state index contributed by atoms with van der Waals surface area (Å²) in [6.45, 7) is 0.0552. The van der Waals surface area contributed by atoms with E-state index in [2.05, 4.69) is 5.32 Å². The maximum Gasteiger partial charge on any atom is 0.220 e. The van der Waals surface area contributed by atoms with E-state index in [1.165, 1.54) is 0 Å². The summed E-state index contributed by atoms with van der Waals surface area (Å²) in [4.78, 5) is 11.3. The van der Waals surface area contributed by atoms with Gasteiger partial charge in [-0.1, -0.05) is 0 Å². The lowest BCUT2D eigenvalue weighted by molar-refractivity contribution is -0.125. The first-order chi connectivity index (χ1) is 6.22. The molecule has 0 aromatic rings. The summed E-state index contributed by atoms with van der Waals surface area (Å²) in [5.41, 5.74) is -0.302. The number of hydrogen-bond acceptors (Lipinski definition) is 2. The fourth-order valence-corrected chi connectivity index (χ4v) is 1.65. The first kappa shape index (κ1) is 10.8. The average Bonchev–Trinajstić information content (AvgIpc) is 2.08. The van der Waals surface area contributed by atoms with E-state index in [-0.39, 0.29) is 18.1 Å². The number of rotatable bonds is 5. The fraction of sp³-hybridized carbons (Fsp3) is 0.889. The summed E-state index contributed by atoms with van der Waals surface area (Å²) in [5.74, 6) is 0.522. The van der Waals surface area contributed by atoms with E-state index in [9.17, 15) is 4.79 Å². The number of nitrogens with one attached hydrogen (secondary N) is 1. The van der Waals surface area contributed by atoms with Crippen LogP contribution in [0.4, 0.5) is 0 Å². The van der Waals surface area contributed by atoms with Crippen LogP contribution in [0.15, 0.2) is 0 Å². The average molecular weight is 206 g/mol. The minimum atomic E-state index is -0.302. The Morgan fingerprint density at radius 3 is 2.62 bits per heavy atom. The Bertz CT molecular complexity index is 175. The minimum absolute atomic E-state index is 0.00870. The van der Waals surface area contributed by atoms with Crippen LogP contribution in [-0.4, -0.2) is 29.0 Å². The SMILES string of the molecule is O=C(CCCCl)NC1(CO)CCC1. The van der Waals surface area contributed by atoms with Crippen molar-refractivity contribution in [3.05, 3.63) is 0 Å². The Labute approximate surface area is 83.5 Å². The van der Waals surface area contributed by atoms with Crippen LogP contribution in [0.25, 0.3) is 0 Å². The smallest absolute Gasteiger partial charge is 0.220 e. The Balaban J connectivity index is 2.25. The van der Waals surface area contributed by atoms with Crippen LogP contribution in [-0.2, 0) is 4.79 Å². The van der Waals surface area contributed by atoms with Gasteiger partial charge in [-0.05, 0) is 25.7 Å².